The number of carbonyl (C=O) groups is 1. The fraction of sp³-hybridized carbons (Fsp3) is 0.417. The molecule has 0 amide bonds. The minimum absolute atomic E-state index is 0.0278. The zero-order valence-electron chi connectivity index (χ0n) is 9.55. The van der Waals surface area contributed by atoms with Crippen molar-refractivity contribution in [2.24, 2.45) is 11.1 Å². The minimum Gasteiger partial charge on any atom is -0.321 e. The highest BCUT2D eigenvalue weighted by Crippen LogP contribution is 2.21. The summed E-state index contributed by atoms with van der Waals surface area (Å²) in [6.45, 7) is 5.39. The molecule has 0 heterocycles. The maximum Gasteiger partial charge on any atom is 0.180 e. The fourth-order valence-electron chi connectivity index (χ4n) is 1.27. The van der Waals surface area contributed by atoms with Gasteiger partial charge in [0.2, 0.25) is 0 Å². The van der Waals surface area contributed by atoms with Crippen molar-refractivity contribution in [2.45, 2.75) is 26.8 Å². The van der Waals surface area contributed by atoms with Gasteiger partial charge in [0.25, 0.3) is 0 Å². The molecule has 1 rings (SSSR count). The molecule has 2 N–H and O–H groups in total. The van der Waals surface area contributed by atoms with Crippen LogP contribution >= 0.6 is 0 Å². The number of nitrogens with two attached hydrogens (primary N) is 1. The van der Waals surface area contributed by atoms with Crippen molar-refractivity contribution in [3.8, 4) is 0 Å². The maximum atomic E-state index is 12.9. The molecule has 0 saturated carbocycles. The lowest BCUT2D eigenvalue weighted by Gasteiger charge is -2.25. The number of halogens is 2. The van der Waals surface area contributed by atoms with Crippen LogP contribution in [0.3, 0.4) is 0 Å². The Morgan fingerprint density at radius 3 is 2.00 bits per heavy atom. The van der Waals surface area contributed by atoms with Crippen LogP contribution < -0.4 is 5.73 Å². The molecular formula is C12H15F2NO. The number of hydrogen-bond acceptors (Lipinski definition) is 2. The molecule has 0 aliphatic carbocycles. The van der Waals surface area contributed by atoms with E-state index < -0.39 is 28.9 Å². The zero-order chi connectivity index (χ0) is 12.5. The Morgan fingerprint density at radius 1 is 1.19 bits per heavy atom. The molecule has 4 heteroatoms. The first-order valence-electron chi connectivity index (χ1n) is 4.97. The van der Waals surface area contributed by atoms with Crippen LogP contribution in [-0.2, 0) is 0 Å². The highest BCUT2D eigenvalue weighted by atomic mass is 19.1. The van der Waals surface area contributed by atoms with Crippen LogP contribution in [0.1, 0.15) is 31.1 Å². The zero-order valence-corrected chi connectivity index (χ0v) is 9.55. The van der Waals surface area contributed by atoms with E-state index in [0.29, 0.717) is 0 Å². The normalized spacial score (nSPS) is 13.6. The van der Waals surface area contributed by atoms with Crippen LogP contribution in [0.25, 0.3) is 0 Å². The lowest BCUT2D eigenvalue weighted by atomic mass is 9.83. The first-order chi connectivity index (χ1) is 7.21. The van der Waals surface area contributed by atoms with E-state index in [-0.39, 0.29) is 5.56 Å². The summed E-state index contributed by atoms with van der Waals surface area (Å²) in [4.78, 5) is 11.8. The highest BCUT2D eigenvalue weighted by Gasteiger charge is 2.28. The van der Waals surface area contributed by atoms with Crippen LogP contribution in [-0.4, -0.2) is 11.8 Å². The average Bonchev–Trinajstić information content (AvgIpc) is 2.12. The van der Waals surface area contributed by atoms with Crippen LogP contribution in [0.4, 0.5) is 8.78 Å². The van der Waals surface area contributed by atoms with Gasteiger partial charge in [0.1, 0.15) is 11.6 Å². The first kappa shape index (κ1) is 12.8. The van der Waals surface area contributed by atoms with Gasteiger partial charge < -0.3 is 5.73 Å². The number of carbonyl (C=O) groups excluding carboxylic acids is 1. The average molecular weight is 227 g/mol. The summed E-state index contributed by atoms with van der Waals surface area (Å²) in [7, 11) is 0. The van der Waals surface area contributed by atoms with Crippen LogP contribution in [0.2, 0.25) is 0 Å². The van der Waals surface area contributed by atoms with Crippen molar-refractivity contribution < 1.29 is 13.6 Å². The number of Topliss-reactive ketones (excluding diaryl/α,β-unsaturated/α-hetero) is 1. The molecule has 16 heavy (non-hydrogen) atoms. The van der Waals surface area contributed by atoms with Crippen LogP contribution in [0, 0.1) is 17.0 Å². The summed E-state index contributed by atoms with van der Waals surface area (Å²) >= 11 is 0. The Balaban J connectivity index is 3.06. The maximum absolute atomic E-state index is 12.9. The Labute approximate surface area is 93.5 Å². The number of hydrogen-bond donors (Lipinski definition) is 1. The highest BCUT2D eigenvalue weighted by molar-refractivity contribution is 6.00. The second-order valence-electron chi connectivity index (χ2n) is 4.87. The van der Waals surface area contributed by atoms with Gasteiger partial charge in [-0.1, -0.05) is 20.8 Å². The quantitative estimate of drug-likeness (QED) is 0.789. The third-order valence-corrected chi connectivity index (χ3v) is 2.36. The minimum atomic E-state index is -0.784. The van der Waals surface area contributed by atoms with E-state index >= 15 is 0 Å². The molecule has 0 bridgehead atoms. The van der Waals surface area contributed by atoms with Crippen molar-refractivity contribution in [2.75, 3.05) is 0 Å². The smallest absolute Gasteiger partial charge is 0.180 e. The van der Waals surface area contributed by atoms with Crippen molar-refractivity contribution >= 4 is 5.78 Å². The predicted molar refractivity (Wildman–Crippen MR) is 58.1 cm³/mol. The summed E-state index contributed by atoms with van der Waals surface area (Å²) in [5, 5.41) is 0. The molecule has 88 valence electrons. The number of benzene rings is 1. The van der Waals surface area contributed by atoms with E-state index in [0.717, 1.165) is 18.2 Å². The molecule has 0 aliphatic heterocycles. The summed E-state index contributed by atoms with van der Waals surface area (Å²) in [5.41, 5.74) is 5.26. The lowest BCUT2D eigenvalue weighted by molar-refractivity contribution is 0.0900. The molecule has 0 fully saturated rings. The van der Waals surface area contributed by atoms with E-state index in [4.69, 9.17) is 5.73 Å². The molecule has 1 aromatic carbocycles. The molecule has 0 spiro atoms. The van der Waals surface area contributed by atoms with E-state index in [1.807, 2.05) is 0 Å². The monoisotopic (exact) mass is 227 g/mol. The number of rotatable bonds is 2. The molecule has 0 saturated heterocycles. The van der Waals surface area contributed by atoms with Gasteiger partial charge in [-0.15, -0.1) is 0 Å². The van der Waals surface area contributed by atoms with Crippen LogP contribution in [0.5, 0.6) is 0 Å². The van der Waals surface area contributed by atoms with Crippen molar-refractivity contribution in [1.82, 2.24) is 0 Å². The SMILES string of the molecule is CC(C)(C)C(N)C(=O)c1cc(F)cc(F)c1. The lowest BCUT2D eigenvalue weighted by Crippen LogP contribution is -2.42. The first-order valence-corrected chi connectivity index (χ1v) is 4.97. The molecule has 1 atom stereocenters. The summed E-state index contributed by atoms with van der Waals surface area (Å²) in [6.07, 6.45) is 0. The van der Waals surface area contributed by atoms with Crippen LogP contribution in [0.15, 0.2) is 18.2 Å². The van der Waals surface area contributed by atoms with Gasteiger partial charge in [0.15, 0.2) is 5.78 Å². The standard InChI is InChI=1S/C12H15F2NO/c1-12(2,3)11(15)10(16)7-4-8(13)6-9(14)5-7/h4-6,11H,15H2,1-3H3. The van der Waals surface area contributed by atoms with Gasteiger partial charge in [-0.05, 0) is 17.5 Å². The van der Waals surface area contributed by atoms with E-state index in [9.17, 15) is 13.6 Å². The molecule has 0 aromatic heterocycles. The van der Waals surface area contributed by atoms with Gasteiger partial charge in [0.05, 0.1) is 6.04 Å². The summed E-state index contributed by atoms with van der Waals surface area (Å²) in [6, 6.07) is 1.93. The van der Waals surface area contributed by atoms with Gasteiger partial charge >= 0.3 is 0 Å². The second-order valence-corrected chi connectivity index (χ2v) is 4.87. The third kappa shape index (κ3) is 2.85. The van der Waals surface area contributed by atoms with Gasteiger partial charge in [0, 0.05) is 11.6 Å². The van der Waals surface area contributed by atoms with E-state index in [2.05, 4.69) is 0 Å². The Kier molecular flexibility index (Phi) is 3.43. The van der Waals surface area contributed by atoms with Gasteiger partial charge in [-0.25, -0.2) is 8.78 Å². The Bertz CT molecular complexity index is 390. The topological polar surface area (TPSA) is 43.1 Å². The molecule has 1 aromatic rings. The largest absolute Gasteiger partial charge is 0.321 e. The molecular weight excluding hydrogens is 212 g/mol. The molecule has 0 radical (unpaired) electrons. The predicted octanol–water partition coefficient (Wildman–Crippen LogP) is 2.52. The molecule has 0 aliphatic rings. The molecule has 1 unspecified atom stereocenters. The third-order valence-electron chi connectivity index (χ3n) is 2.36. The summed E-state index contributed by atoms with van der Waals surface area (Å²) < 4.78 is 25.8. The Hall–Kier alpha value is -1.29. The van der Waals surface area contributed by atoms with E-state index in [1.54, 1.807) is 20.8 Å². The molecule has 2 nitrogen and oxygen atoms in total. The van der Waals surface area contributed by atoms with E-state index in [1.165, 1.54) is 0 Å². The Morgan fingerprint density at radius 2 is 1.62 bits per heavy atom. The van der Waals surface area contributed by atoms with Gasteiger partial charge in [-0.3, -0.25) is 4.79 Å². The van der Waals surface area contributed by atoms with Crippen molar-refractivity contribution in [3.05, 3.63) is 35.4 Å². The van der Waals surface area contributed by atoms with Gasteiger partial charge in [-0.2, -0.15) is 0 Å². The second kappa shape index (κ2) is 4.29. The number of ketones is 1. The van der Waals surface area contributed by atoms with Crippen molar-refractivity contribution in [3.63, 3.8) is 0 Å². The summed E-state index contributed by atoms with van der Waals surface area (Å²) in [5.74, 6) is -2.00. The van der Waals surface area contributed by atoms with Crippen molar-refractivity contribution in [1.29, 1.82) is 0 Å². The fourth-order valence-corrected chi connectivity index (χ4v) is 1.27.